The van der Waals surface area contributed by atoms with Crippen molar-refractivity contribution >= 4 is 0 Å². The predicted molar refractivity (Wildman–Crippen MR) is 70.1 cm³/mol. The second kappa shape index (κ2) is 5.88. The average Bonchev–Trinajstić information content (AvgIpc) is 2.74. The Morgan fingerprint density at radius 2 is 2.21 bits per heavy atom. The van der Waals surface area contributed by atoms with E-state index in [1.54, 1.807) is 13.1 Å². The van der Waals surface area contributed by atoms with Crippen LogP contribution in [-0.2, 0) is 13.5 Å². The first kappa shape index (κ1) is 13.6. The van der Waals surface area contributed by atoms with E-state index in [1.165, 1.54) is 4.80 Å². The zero-order valence-corrected chi connectivity index (χ0v) is 11.4. The lowest BCUT2D eigenvalue weighted by Gasteiger charge is -2.17. The van der Waals surface area contributed by atoms with Crippen molar-refractivity contribution in [3.8, 4) is 0 Å². The molecule has 1 atom stereocenters. The lowest BCUT2D eigenvalue weighted by atomic mass is 10.0. The number of nitrogens with one attached hydrogen (secondary N) is 1. The van der Waals surface area contributed by atoms with Crippen LogP contribution in [0.5, 0.6) is 0 Å². The van der Waals surface area contributed by atoms with Gasteiger partial charge in [-0.2, -0.15) is 4.80 Å². The summed E-state index contributed by atoms with van der Waals surface area (Å²) >= 11 is 0. The van der Waals surface area contributed by atoms with Crippen LogP contribution < -0.4 is 5.32 Å². The largest absolute Gasteiger partial charge is 0.310 e. The fourth-order valence-corrected chi connectivity index (χ4v) is 2.04. The Morgan fingerprint density at radius 1 is 1.42 bits per heavy atom. The molecule has 0 bridgehead atoms. The maximum absolute atomic E-state index is 14.0. The molecule has 5 nitrogen and oxygen atoms in total. The van der Waals surface area contributed by atoms with Crippen LogP contribution in [0.15, 0.2) is 18.2 Å². The first-order chi connectivity index (χ1) is 9.10. The summed E-state index contributed by atoms with van der Waals surface area (Å²) in [6.45, 7) is 4.61. The van der Waals surface area contributed by atoms with Crippen LogP contribution in [0.2, 0.25) is 0 Å². The molecular weight excluding hydrogens is 245 g/mol. The van der Waals surface area contributed by atoms with E-state index in [1.807, 2.05) is 26.0 Å². The molecule has 19 heavy (non-hydrogen) atoms. The van der Waals surface area contributed by atoms with Crippen LogP contribution in [-0.4, -0.2) is 26.8 Å². The van der Waals surface area contributed by atoms with Gasteiger partial charge in [-0.3, -0.25) is 0 Å². The summed E-state index contributed by atoms with van der Waals surface area (Å²) in [5, 5.41) is 15.1. The minimum Gasteiger partial charge on any atom is -0.310 e. The van der Waals surface area contributed by atoms with Crippen LogP contribution in [0.3, 0.4) is 0 Å². The molecule has 6 heteroatoms. The Hall–Kier alpha value is -1.82. The van der Waals surface area contributed by atoms with Crippen LogP contribution in [0.4, 0.5) is 4.39 Å². The highest BCUT2D eigenvalue weighted by Gasteiger charge is 2.17. The van der Waals surface area contributed by atoms with Gasteiger partial charge in [0.25, 0.3) is 0 Å². The fourth-order valence-electron chi connectivity index (χ4n) is 2.04. The number of tetrazole rings is 1. The number of rotatable bonds is 5. The molecule has 1 aromatic carbocycles. The van der Waals surface area contributed by atoms with Crippen LogP contribution >= 0.6 is 0 Å². The Morgan fingerprint density at radius 3 is 2.79 bits per heavy atom. The van der Waals surface area contributed by atoms with Gasteiger partial charge in [0, 0.05) is 18.0 Å². The molecule has 1 aromatic heterocycles. The first-order valence-corrected chi connectivity index (χ1v) is 6.32. The third kappa shape index (κ3) is 3.35. The maximum Gasteiger partial charge on any atom is 0.176 e. The van der Waals surface area contributed by atoms with Crippen molar-refractivity contribution in [2.24, 2.45) is 7.05 Å². The minimum absolute atomic E-state index is 0.144. The van der Waals surface area contributed by atoms with Gasteiger partial charge in [0.2, 0.25) is 0 Å². The van der Waals surface area contributed by atoms with E-state index in [-0.39, 0.29) is 11.9 Å². The second-order valence-electron chi connectivity index (χ2n) is 4.53. The van der Waals surface area contributed by atoms with Gasteiger partial charge >= 0.3 is 0 Å². The third-order valence-corrected chi connectivity index (χ3v) is 2.92. The summed E-state index contributed by atoms with van der Waals surface area (Å²) in [4.78, 5) is 1.41. The monoisotopic (exact) mass is 263 g/mol. The van der Waals surface area contributed by atoms with E-state index in [0.717, 1.165) is 12.1 Å². The number of hydrogen-bond donors (Lipinski definition) is 1. The smallest absolute Gasteiger partial charge is 0.176 e. The zero-order valence-electron chi connectivity index (χ0n) is 11.4. The maximum atomic E-state index is 14.0. The molecule has 0 saturated carbocycles. The summed E-state index contributed by atoms with van der Waals surface area (Å²) in [6.07, 6.45) is 0.516. The van der Waals surface area contributed by atoms with E-state index in [9.17, 15) is 4.39 Å². The summed E-state index contributed by atoms with van der Waals surface area (Å²) in [6, 6.07) is 5.13. The summed E-state index contributed by atoms with van der Waals surface area (Å²) < 4.78 is 14.0. The highest BCUT2D eigenvalue weighted by Crippen LogP contribution is 2.21. The van der Waals surface area contributed by atoms with Gasteiger partial charge in [0.1, 0.15) is 5.82 Å². The number of aryl methyl sites for hydroxylation is 2. The number of halogens is 1. The van der Waals surface area contributed by atoms with Crippen molar-refractivity contribution in [2.45, 2.75) is 26.3 Å². The van der Waals surface area contributed by atoms with Gasteiger partial charge in [-0.05, 0) is 30.3 Å². The normalized spacial score (nSPS) is 12.6. The van der Waals surface area contributed by atoms with Gasteiger partial charge in [0.15, 0.2) is 5.82 Å². The van der Waals surface area contributed by atoms with Gasteiger partial charge < -0.3 is 5.32 Å². The molecule has 0 aliphatic heterocycles. The van der Waals surface area contributed by atoms with E-state index in [2.05, 4.69) is 20.7 Å². The zero-order chi connectivity index (χ0) is 13.8. The molecule has 0 spiro atoms. The van der Waals surface area contributed by atoms with Gasteiger partial charge in [-0.1, -0.05) is 19.1 Å². The highest BCUT2D eigenvalue weighted by molar-refractivity contribution is 5.26. The molecule has 0 radical (unpaired) electrons. The van der Waals surface area contributed by atoms with Crippen molar-refractivity contribution in [1.29, 1.82) is 0 Å². The lowest BCUT2D eigenvalue weighted by Crippen LogP contribution is -2.24. The van der Waals surface area contributed by atoms with Crippen LogP contribution in [0.1, 0.15) is 29.9 Å². The van der Waals surface area contributed by atoms with E-state index in [4.69, 9.17) is 0 Å². The van der Waals surface area contributed by atoms with Gasteiger partial charge in [-0.25, -0.2) is 4.39 Å². The number of aromatic nitrogens is 4. The molecule has 0 amide bonds. The molecule has 2 rings (SSSR count). The molecule has 0 aliphatic carbocycles. The first-order valence-electron chi connectivity index (χ1n) is 6.32. The number of nitrogens with zero attached hydrogens (tertiary/aromatic N) is 4. The number of benzene rings is 1. The van der Waals surface area contributed by atoms with E-state index < -0.39 is 0 Å². The Labute approximate surface area is 111 Å². The number of likely N-dealkylation sites (N-methyl/N-ethyl adjacent to an activating group) is 1. The van der Waals surface area contributed by atoms with Crippen molar-refractivity contribution in [3.05, 3.63) is 41.0 Å². The average molecular weight is 263 g/mol. The lowest BCUT2D eigenvalue weighted by molar-refractivity contribution is 0.500. The summed E-state index contributed by atoms with van der Waals surface area (Å²) in [5.74, 6) is 0.406. The summed E-state index contributed by atoms with van der Waals surface area (Å²) in [7, 11) is 1.71. The number of hydrogen-bond acceptors (Lipinski definition) is 4. The van der Waals surface area contributed by atoms with Gasteiger partial charge in [-0.15, -0.1) is 10.2 Å². The minimum atomic E-state index is -0.199. The molecule has 1 N–H and O–H groups in total. The Bertz CT molecular complexity index is 552. The van der Waals surface area contributed by atoms with E-state index in [0.29, 0.717) is 17.8 Å². The predicted octanol–water partition coefficient (Wildman–Crippen LogP) is 1.55. The summed E-state index contributed by atoms with van der Waals surface area (Å²) in [5.41, 5.74) is 1.55. The quantitative estimate of drug-likeness (QED) is 0.889. The third-order valence-electron chi connectivity index (χ3n) is 2.92. The topological polar surface area (TPSA) is 55.6 Å². The van der Waals surface area contributed by atoms with Gasteiger partial charge in [0.05, 0.1) is 7.05 Å². The second-order valence-corrected chi connectivity index (χ2v) is 4.53. The Balaban J connectivity index is 2.23. The standard InChI is InChI=1S/C13H18FN5/c1-4-15-12(8-13-16-18-19(3)17-13)10-6-5-9(2)7-11(10)14/h5-7,12,15H,4,8H2,1-3H3. The molecule has 2 aromatic rings. The van der Waals surface area contributed by atoms with Crippen LogP contribution in [0.25, 0.3) is 0 Å². The molecule has 0 saturated heterocycles. The highest BCUT2D eigenvalue weighted by atomic mass is 19.1. The van der Waals surface area contributed by atoms with Crippen LogP contribution in [0, 0.1) is 12.7 Å². The van der Waals surface area contributed by atoms with Crippen molar-refractivity contribution in [1.82, 2.24) is 25.5 Å². The Kier molecular flexibility index (Phi) is 4.21. The van der Waals surface area contributed by atoms with Crippen molar-refractivity contribution in [2.75, 3.05) is 6.54 Å². The fraction of sp³-hybridized carbons (Fsp3) is 0.462. The molecule has 0 fully saturated rings. The van der Waals surface area contributed by atoms with Crippen molar-refractivity contribution < 1.29 is 4.39 Å². The van der Waals surface area contributed by atoms with E-state index >= 15 is 0 Å². The molecule has 1 heterocycles. The molecular formula is C13H18FN5. The molecule has 1 unspecified atom stereocenters. The SMILES string of the molecule is CCNC(Cc1nnn(C)n1)c1ccc(C)cc1F. The molecule has 102 valence electrons. The van der Waals surface area contributed by atoms with Crippen molar-refractivity contribution in [3.63, 3.8) is 0 Å². The molecule has 0 aliphatic rings.